The molecule has 0 amide bonds. The topological polar surface area (TPSA) is 130 Å². The molecule has 0 saturated carbocycles. The molecular weight excluding hydrogens is 828 g/mol. The maximum Gasteiger partial charge on any atom is 0.257 e. The molecule has 52 heavy (non-hydrogen) atoms. The van der Waals surface area contributed by atoms with Gasteiger partial charge in [0, 0.05) is 20.1 Å². The third-order valence-corrected chi connectivity index (χ3v) is 10.9. The molecule has 4 heterocycles. The van der Waals surface area contributed by atoms with Crippen molar-refractivity contribution in [3.63, 3.8) is 0 Å². The Morgan fingerprint density at radius 1 is 0.596 bits per heavy atom. The van der Waals surface area contributed by atoms with Gasteiger partial charge in [-0.2, -0.15) is 0 Å². The number of benzene rings is 4. The molecule has 4 aromatic heterocycles. The standard InChI is InChI=1S/C38H26Br2N6O4S2/c1-3-9-21-15-26(34-29(16-21)41-38(50-34)52-20-32-44-46-36(48-32)25-12-6-8-14-28(25)40)23-17-22(10-4-2)33-30(18-23)42-37(49-33)51-19-31-43-45-35(47-31)24-11-5-7-13-27(24)39/h3-8,11-18H,1-2,9-10,19-20H2. The minimum absolute atomic E-state index is 0.392. The van der Waals surface area contributed by atoms with Crippen LogP contribution in [0.1, 0.15) is 22.9 Å². The molecule has 8 aromatic rings. The summed E-state index contributed by atoms with van der Waals surface area (Å²) in [7, 11) is 0. The predicted molar refractivity (Wildman–Crippen MR) is 209 cm³/mol. The highest BCUT2D eigenvalue weighted by Gasteiger charge is 2.20. The first-order valence-electron chi connectivity index (χ1n) is 15.9. The van der Waals surface area contributed by atoms with Gasteiger partial charge in [-0.1, -0.05) is 59.9 Å². The van der Waals surface area contributed by atoms with E-state index in [1.807, 2.05) is 72.8 Å². The monoisotopic (exact) mass is 852 g/mol. The SMILES string of the molecule is C=CCc1cc(-c2cc(CC=C)c3oc(SCc4nnc(-c5ccccc5Br)o4)nc3c2)c2oc(SCc3nnc(-c4ccccc4Br)o3)nc2c1. The number of hydrogen-bond donors (Lipinski definition) is 0. The molecule has 0 radical (unpaired) electrons. The first kappa shape index (κ1) is 34.3. The number of hydrogen-bond acceptors (Lipinski definition) is 12. The fourth-order valence-electron chi connectivity index (χ4n) is 5.60. The molecule has 4 aromatic carbocycles. The lowest BCUT2D eigenvalue weighted by Gasteiger charge is -2.08. The summed E-state index contributed by atoms with van der Waals surface area (Å²) in [4.78, 5) is 9.67. The van der Waals surface area contributed by atoms with Gasteiger partial charge < -0.3 is 17.7 Å². The molecule has 0 spiro atoms. The van der Waals surface area contributed by atoms with Crippen LogP contribution in [0.25, 0.3) is 56.2 Å². The smallest absolute Gasteiger partial charge is 0.257 e. The minimum atomic E-state index is 0.392. The van der Waals surface area contributed by atoms with E-state index in [-0.39, 0.29) is 0 Å². The van der Waals surface area contributed by atoms with Crippen molar-refractivity contribution >= 4 is 77.6 Å². The summed E-state index contributed by atoms with van der Waals surface area (Å²) in [5, 5.41) is 17.9. The molecule has 258 valence electrons. The van der Waals surface area contributed by atoms with E-state index in [4.69, 9.17) is 27.6 Å². The van der Waals surface area contributed by atoms with Crippen molar-refractivity contribution in [2.75, 3.05) is 0 Å². The molecule has 0 saturated heterocycles. The Balaban J connectivity index is 1.07. The van der Waals surface area contributed by atoms with Gasteiger partial charge in [-0.25, -0.2) is 9.97 Å². The molecule has 0 bridgehead atoms. The summed E-state index contributed by atoms with van der Waals surface area (Å²) in [5.41, 5.74) is 8.27. The van der Waals surface area contributed by atoms with Gasteiger partial charge in [0.25, 0.3) is 10.4 Å². The van der Waals surface area contributed by atoms with Crippen LogP contribution in [-0.4, -0.2) is 30.4 Å². The van der Waals surface area contributed by atoms with Crippen molar-refractivity contribution in [2.24, 2.45) is 0 Å². The summed E-state index contributed by atoms with van der Waals surface area (Å²) >= 11 is 9.86. The average molecular weight is 855 g/mol. The highest BCUT2D eigenvalue weighted by molar-refractivity contribution is 9.11. The number of fused-ring (bicyclic) bond motifs is 2. The van der Waals surface area contributed by atoms with Crippen LogP contribution < -0.4 is 0 Å². The van der Waals surface area contributed by atoms with Crippen LogP contribution in [0, 0.1) is 0 Å². The third-order valence-electron chi connectivity index (χ3n) is 7.91. The Hall–Kier alpha value is -4.76. The summed E-state index contributed by atoms with van der Waals surface area (Å²) in [6.45, 7) is 7.93. The van der Waals surface area contributed by atoms with E-state index in [9.17, 15) is 0 Å². The van der Waals surface area contributed by atoms with Crippen LogP contribution >= 0.6 is 55.4 Å². The van der Waals surface area contributed by atoms with E-state index in [2.05, 4.69) is 77.5 Å². The van der Waals surface area contributed by atoms with Crippen molar-refractivity contribution in [1.82, 2.24) is 30.4 Å². The lowest BCUT2D eigenvalue weighted by molar-refractivity contribution is 0.484. The fraction of sp³-hybridized carbons (Fsp3) is 0.105. The van der Waals surface area contributed by atoms with E-state index >= 15 is 0 Å². The van der Waals surface area contributed by atoms with E-state index < -0.39 is 0 Å². The van der Waals surface area contributed by atoms with Gasteiger partial charge >= 0.3 is 0 Å². The van der Waals surface area contributed by atoms with E-state index in [0.717, 1.165) is 47.8 Å². The summed E-state index contributed by atoms with van der Waals surface area (Å²) < 4.78 is 26.3. The van der Waals surface area contributed by atoms with Gasteiger partial charge in [0.15, 0.2) is 11.2 Å². The first-order valence-corrected chi connectivity index (χ1v) is 19.5. The van der Waals surface area contributed by atoms with Gasteiger partial charge in [0.1, 0.15) is 11.0 Å². The highest BCUT2D eigenvalue weighted by Crippen LogP contribution is 2.38. The second-order valence-electron chi connectivity index (χ2n) is 11.5. The summed E-state index contributed by atoms with van der Waals surface area (Å²) in [6.07, 6.45) is 4.98. The van der Waals surface area contributed by atoms with Crippen LogP contribution in [0.4, 0.5) is 0 Å². The normalized spacial score (nSPS) is 11.5. The zero-order chi connectivity index (χ0) is 35.6. The number of thioether (sulfide) groups is 2. The second-order valence-corrected chi connectivity index (χ2v) is 15.0. The molecule has 0 N–H and O–H groups in total. The predicted octanol–water partition coefficient (Wildman–Crippen LogP) is 11.3. The van der Waals surface area contributed by atoms with Crippen molar-refractivity contribution in [2.45, 2.75) is 34.8 Å². The van der Waals surface area contributed by atoms with Crippen molar-refractivity contribution < 1.29 is 17.7 Å². The number of nitrogens with zero attached hydrogens (tertiary/aromatic N) is 6. The molecule has 0 aliphatic carbocycles. The van der Waals surface area contributed by atoms with Gasteiger partial charge in [-0.05, 0) is 104 Å². The maximum absolute atomic E-state index is 6.40. The zero-order valence-electron chi connectivity index (χ0n) is 27.2. The maximum atomic E-state index is 6.40. The molecular formula is C38H26Br2N6O4S2. The molecule has 8 rings (SSSR count). The Morgan fingerprint density at radius 3 is 1.73 bits per heavy atom. The van der Waals surface area contributed by atoms with Crippen molar-refractivity contribution in [3.05, 3.63) is 130 Å². The van der Waals surface area contributed by atoms with Crippen LogP contribution in [0.3, 0.4) is 0 Å². The van der Waals surface area contributed by atoms with Crippen LogP contribution in [0.15, 0.2) is 135 Å². The largest absolute Gasteiger partial charge is 0.431 e. The number of oxazole rings is 2. The molecule has 10 nitrogen and oxygen atoms in total. The number of halogens is 2. The zero-order valence-corrected chi connectivity index (χ0v) is 32.0. The van der Waals surface area contributed by atoms with Gasteiger partial charge in [-0.3, -0.25) is 0 Å². The van der Waals surface area contributed by atoms with Crippen molar-refractivity contribution in [1.29, 1.82) is 0 Å². The Bertz CT molecular complexity index is 2590. The summed E-state index contributed by atoms with van der Waals surface area (Å²) in [5.74, 6) is 2.60. The van der Waals surface area contributed by atoms with Gasteiger partial charge in [-0.15, -0.1) is 33.6 Å². The average Bonchev–Trinajstić information content (AvgIpc) is 3.96. The van der Waals surface area contributed by atoms with Gasteiger partial charge in [0.05, 0.1) is 22.6 Å². The van der Waals surface area contributed by atoms with E-state index in [0.29, 0.717) is 75.0 Å². The minimum Gasteiger partial charge on any atom is -0.431 e. The molecule has 0 aliphatic heterocycles. The number of rotatable bonds is 13. The molecule has 0 atom stereocenters. The summed E-state index contributed by atoms with van der Waals surface area (Å²) in [6, 6.07) is 23.7. The quantitative estimate of drug-likeness (QED) is 0.0808. The fourth-order valence-corrected chi connectivity index (χ4v) is 7.84. The Morgan fingerprint density at radius 2 is 1.15 bits per heavy atom. The van der Waals surface area contributed by atoms with E-state index in [1.165, 1.54) is 23.5 Å². The lowest BCUT2D eigenvalue weighted by Crippen LogP contribution is -1.89. The third kappa shape index (κ3) is 7.16. The Labute approximate surface area is 322 Å². The van der Waals surface area contributed by atoms with Gasteiger partial charge in [0.2, 0.25) is 23.6 Å². The molecule has 14 heteroatoms. The second kappa shape index (κ2) is 15.1. The first-order chi connectivity index (χ1) is 25.4. The lowest BCUT2D eigenvalue weighted by atomic mass is 9.97. The molecule has 0 aliphatic rings. The number of allylic oxidation sites excluding steroid dienone is 2. The highest BCUT2D eigenvalue weighted by atomic mass is 79.9. The molecule has 0 fully saturated rings. The van der Waals surface area contributed by atoms with Crippen LogP contribution in [0.5, 0.6) is 0 Å². The molecule has 0 unspecified atom stereocenters. The van der Waals surface area contributed by atoms with Crippen molar-refractivity contribution in [3.8, 4) is 34.0 Å². The van der Waals surface area contributed by atoms with Crippen LogP contribution in [-0.2, 0) is 24.3 Å². The van der Waals surface area contributed by atoms with Crippen LogP contribution in [0.2, 0.25) is 0 Å². The van der Waals surface area contributed by atoms with E-state index in [1.54, 1.807) is 0 Å². The number of aromatic nitrogens is 6. The Kier molecular flexibility index (Phi) is 9.95.